The first-order chi connectivity index (χ1) is 24.5. The Kier molecular flexibility index (Phi) is 18.3. The molecule has 0 heterocycles. The molecular weight excluding hydrogens is 607 g/mol. The van der Waals surface area contributed by atoms with Gasteiger partial charge in [-0.3, -0.25) is 9.69 Å². The van der Waals surface area contributed by atoms with E-state index in [9.17, 15) is 4.79 Å². The number of nitrogens with zero attached hydrogens (tertiary/aromatic N) is 1. The van der Waals surface area contributed by atoms with E-state index in [1.165, 1.54) is 5.56 Å². The lowest BCUT2D eigenvalue weighted by Gasteiger charge is -2.38. The summed E-state index contributed by atoms with van der Waals surface area (Å²) >= 11 is 0. The molecule has 0 bridgehead atoms. The Balaban J connectivity index is 0.000000353. The van der Waals surface area contributed by atoms with Crippen LogP contribution < -0.4 is 0 Å². The Morgan fingerprint density at radius 2 is 0.940 bits per heavy atom. The summed E-state index contributed by atoms with van der Waals surface area (Å²) in [7, 11) is 4.01. The number of Topliss-reactive ketones (excluding diaryl/α,β-unsaturated/α-hetero) is 1. The number of carbonyl (C=O) groups is 1. The number of rotatable bonds is 7. The summed E-state index contributed by atoms with van der Waals surface area (Å²) in [6.07, 6.45) is 6.37. The van der Waals surface area contributed by atoms with Gasteiger partial charge in [-0.25, -0.2) is 0 Å². The zero-order valence-corrected chi connectivity index (χ0v) is 28.4. The van der Waals surface area contributed by atoms with Crippen LogP contribution in [-0.2, 0) is 6.42 Å². The summed E-state index contributed by atoms with van der Waals surface area (Å²) in [4.78, 5) is 15.6. The number of hydrogen-bond acceptors (Lipinski definition) is 2. The Labute approximate surface area is 298 Å². The maximum absolute atomic E-state index is 13.5. The van der Waals surface area contributed by atoms with Crippen molar-refractivity contribution in [3.8, 4) is 142 Å². The van der Waals surface area contributed by atoms with Gasteiger partial charge in [0.15, 0.2) is 5.78 Å². The molecule has 0 aliphatic heterocycles. The second kappa shape index (κ2) is 23.7. The average Bonchev–Trinajstić information content (AvgIpc) is 3.15. The molecule has 0 saturated carbocycles. The molecule has 0 aliphatic rings. The Bertz CT molecular complexity index is 2320. The van der Waals surface area contributed by atoms with Gasteiger partial charge in [-0.1, -0.05) is 97.8 Å². The molecule has 3 aromatic rings. The molecule has 234 valence electrons. The topological polar surface area (TPSA) is 20.3 Å². The minimum atomic E-state index is -0.546. The van der Waals surface area contributed by atoms with Crippen LogP contribution in [0.4, 0.5) is 0 Å². The zero-order chi connectivity index (χ0) is 36.1. The normalized spacial score (nSPS) is 8.96. The fourth-order valence-corrected chi connectivity index (χ4v) is 4.32. The van der Waals surface area contributed by atoms with Gasteiger partial charge >= 0.3 is 0 Å². The van der Waals surface area contributed by atoms with Crippen LogP contribution in [0.25, 0.3) is 11.1 Å². The molecule has 0 amide bonds. The highest BCUT2D eigenvalue weighted by atomic mass is 16.1. The molecule has 0 N–H and O–H groups in total. The van der Waals surface area contributed by atoms with Crippen molar-refractivity contribution in [2.24, 2.45) is 0 Å². The largest absolute Gasteiger partial charge is 0.297 e. The van der Waals surface area contributed by atoms with Crippen molar-refractivity contribution in [2.75, 3.05) is 14.1 Å². The molecule has 0 saturated heterocycles. The number of benzene rings is 3. The number of terminal acetylenes is 1. The van der Waals surface area contributed by atoms with Crippen LogP contribution in [0.3, 0.4) is 0 Å². The third-order valence-corrected chi connectivity index (χ3v) is 6.78. The Morgan fingerprint density at radius 1 is 0.560 bits per heavy atom. The van der Waals surface area contributed by atoms with Crippen LogP contribution in [0, 0.1) is 131 Å². The second-order valence-electron chi connectivity index (χ2n) is 9.98. The fourth-order valence-electron chi connectivity index (χ4n) is 4.32. The number of likely N-dealkylation sites (N-methyl/N-ethyl adjacent to an activating group) is 1. The molecule has 50 heavy (non-hydrogen) atoms. The fraction of sp³-hybridized carbons (Fsp3) is 0.146. The summed E-state index contributed by atoms with van der Waals surface area (Å²) in [5.74, 6) is 52.1. The standard InChI is InChI=1S/C25H27NO.C23H4/c1-4-25(26(2)3,19-20-11-7-5-8-12-20)24(27)23-17-15-22(16-18-23)21-13-9-6-10-14-21;1-3-5-7-9-11-13-15-17-19-21-23-22-20-18-16-14-12-10-8-6-4-2/h5-18H,4,19H2,1-3H3;1H,2H3. The van der Waals surface area contributed by atoms with E-state index in [-0.39, 0.29) is 5.78 Å². The second-order valence-corrected chi connectivity index (χ2v) is 9.98. The van der Waals surface area contributed by atoms with E-state index in [4.69, 9.17) is 6.42 Å². The third-order valence-electron chi connectivity index (χ3n) is 6.78. The first-order valence-electron chi connectivity index (χ1n) is 15.3. The van der Waals surface area contributed by atoms with E-state index in [0.717, 1.165) is 23.1 Å². The van der Waals surface area contributed by atoms with Crippen molar-refractivity contribution < 1.29 is 4.79 Å². The Hall–Kier alpha value is -7.55. The molecule has 0 radical (unpaired) electrons. The molecule has 2 heteroatoms. The van der Waals surface area contributed by atoms with Crippen LogP contribution in [0.5, 0.6) is 0 Å². The lowest BCUT2D eigenvalue weighted by atomic mass is 9.80. The highest BCUT2D eigenvalue weighted by Gasteiger charge is 2.39. The smallest absolute Gasteiger partial charge is 0.183 e. The Morgan fingerprint density at radius 3 is 1.32 bits per heavy atom. The molecule has 0 fully saturated rings. The number of ketones is 1. The monoisotopic (exact) mass is 637 g/mol. The summed E-state index contributed by atoms with van der Waals surface area (Å²) < 4.78 is 0. The van der Waals surface area contributed by atoms with Gasteiger partial charge in [0.25, 0.3) is 0 Å². The molecule has 2 nitrogen and oxygen atoms in total. The third kappa shape index (κ3) is 14.3. The quantitative estimate of drug-likeness (QED) is 0.229. The molecule has 1 unspecified atom stereocenters. The van der Waals surface area contributed by atoms with Crippen LogP contribution in [0.15, 0.2) is 84.9 Å². The summed E-state index contributed by atoms with van der Waals surface area (Å²) in [6, 6.07) is 28.5. The van der Waals surface area contributed by atoms with Crippen molar-refractivity contribution in [2.45, 2.75) is 32.2 Å². The van der Waals surface area contributed by atoms with Gasteiger partial charge in [-0.05, 0) is 145 Å². The van der Waals surface area contributed by atoms with E-state index in [2.05, 4.69) is 160 Å². The van der Waals surface area contributed by atoms with Crippen molar-refractivity contribution in [3.63, 3.8) is 0 Å². The van der Waals surface area contributed by atoms with Crippen molar-refractivity contribution in [1.82, 2.24) is 4.90 Å². The van der Waals surface area contributed by atoms with Gasteiger partial charge in [-0.2, -0.15) is 0 Å². The predicted molar refractivity (Wildman–Crippen MR) is 205 cm³/mol. The zero-order valence-electron chi connectivity index (χ0n) is 28.4. The minimum Gasteiger partial charge on any atom is -0.297 e. The predicted octanol–water partition coefficient (Wildman–Crippen LogP) is 6.16. The van der Waals surface area contributed by atoms with E-state index >= 15 is 0 Å². The lowest BCUT2D eigenvalue weighted by molar-refractivity contribution is 0.0666. The molecule has 1 atom stereocenters. The van der Waals surface area contributed by atoms with E-state index in [1.807, 2.05) is 74.8 Å². The molecule has 0 aliphatic carbocycles. The number of hydrogen-bond donors (Lipinski definition) is 0. The summed E-state index contributed by atoms with van der Waals surface area (Å²) in [6.45, 7) is 3.79. The van der Waals surface area contributed by atoms with E-state index < -0.39 is 5.54 Å². The minimum absolute atomic E-state index is 0.179. The molecular formula is C48H31NO. The van der Waals surface area contributed by atoms with Crippen LogP contribution in [0.1, 0.15) is 36.2 Å². The van der Waals surface area contributed by atoms with Crippen LogP contribution in [0.2, 0.25) is 0 Å². The van der Waals surface area contributed by atoms with Gasteiger partial charge in [0.05, 0.1) is 5.54 Å². The van der Waals surface area contributed by atoms with Gasteiger partial charge in [0.2, 0.25) is 0 Å². The van der Waals surface area contributed by atoms with Crippen molar-refractivity contribution in [1.29, 1.82) is 0 Å². The highest BCUT2D eigenvalue weighted by molar-refractivity contribution is 6.03. The van der Waals surface area contributed by atoms with Crippen LogP contribution in [-0.4, -0.2) is 30.3 Å². The van der Waals surface area contributed by atoms with Crippen molar-refractivity contribution >= 4 is 5.78 Å². The maximum atomic E-state index is 13.5. The van der Waals surface area contributed by atoms with Gasteiger partial charge in [0.1, 0.15) is 0 Å². The van der Waals surface area contributed by atoms with Gasteiger partial charge in [0, 0.05) is 29.2 Å². The molecule has 0 aromatic heterocycles. The summed E-state index contributed by atoms with van der Waals surface area (Å²) in [5, 5.41) is 0. The SMILES string of the molecule is C#CC#CC#CC#CC#CC#CC#CC#CC#CC#CC#CC.CCC(Cc1ccccc1)(C(=O)c1ccc(-c2ccccc2)cc1)N(C)C. The van der Waals surface area contributed by atoms with Gasteiger partial charge < -0.3 is 0 Å². The molecule has 3 aromatic carbocycles. The first-order valence-corrected chi connectivity index (χ1v) is 15.3. The van der Waals surface area contributed by atoms with E-state index in [0.29, 0.717) is 6.42 Å². The number of carbonyl (C=O) groups excluding carboxylic acids is 1. The van der Waals surface area contributed by atoms with E-state index in [1.54, 1.807) is 6.92 Å². The first kappa shape index (κ1) is 38.6. The highest BCUT2D eigenvalue weighted by Crippen LogP contribution is 2.29. The average molecular weight is 638 g/mol. The lowest BCUT2D eigenvalue weighted by Crippen LogP contribution is -2.52. The van der Waals surface area contributed by atoms with Crippen LogP contribution >= 0.6 is 0 Å². The van der Waals surface area contributed by atoms with Crippen molar-refractivity contribution in [3.05, 3.63) is 96.1 Å². The maximum Gasteiger partial charge on any atom is 0.183 e. The molecule has 0 spiro atoms. The summed E-state index contributed by atoms with van der Waals surface area (Å²) in [5.41, 5.74) is 3.69. The molecule has 3 rings (SSSR count). The van der Waals surface area contributed by atoms with Gasteiger partial charge in [-0.15, -0.1) is 6.42 Å².